The van der Waals surface area contributed by atoms with Gasteiger partial charge in [0.2, 0.25) is 0 Å². The lowest BCUT2D eigenvalue weighted by atomic mass is 9.84. The average molecular weight is 292 g/mol. The van der Waals surface area contributed by atoms with Crippen molar-refractivity contribution in [1.82, 2.24) is 0 Å². The van der Waals surface area contributed by atoms with E-state index in [4.69, 9.17) is 0 Å². The molecule has 0 fully saturated rings. The van der Waals surface area contributed by atoms with Gasteiger partial charge in [-0.15, -0.1) is 0 Å². The molecule has 0 bridgehead atoms. The third-order valence-corrected chi connectivity index (χ3v) is 3.57. The highest BCUT2D eigenvalue weighted by Crippen LogP contribution is 2.37. The topological polar surface area (TPSA) is 17.1 Å². The van der Waals surface area contributed by atoms with Crippen LogP contribution in [-0.2, 0) is 4.79 Å². The number of carbonyl (C=O) groups excluding carboxylic acids is 1. The monoisotopic (exact) mass is 292 g/mol. The molecule has 5 heteroatoms. The number of unbranched alkanes of at least 4 members (excludes halogenated alkanes) is 2. The van der Waals surface area contributed by atoms with Crippen LogP contribution in [0.3, 0.4) is 0 Å². The van der Waals surface area contributed by atoms with Crippen molar-refractivity contribution in [3.8, 4) is 0 Å². The third kappa shape index (κ3) is 4.46. The van der Waals surface area contributed by atoms with Gasteiger partial charge in [-0.25, -0.2) is 4.39 Å². The van der Waals surface area contributed by atoms with Gasteiger partial charge in [0.25, 0.3) is 0 Å². The molecule has 0 heterocycles. The van der Waals surface area contributed by atoms with Crippen LogP contribution in [0.1, 0.15) is 46.0 Å². The van der Waals surface area contributed by atoms with Crippen LogP contribution in [0.15, 0.2) is 23.6 Å². The van der Waals surface area contributed by atoms with Crippen molar-refractivity contribution in [3.05, 3.63) is 23.6 Å². The predicted octanol–water partition coefficient (Wildman–Crippen LogP) is 5.13. The van der Waals surface area contributed by atoms with Gasteiger partial charge < -0.3 is 0 Å². The molecule has 1 aliphatic rings. The van der Waals surface area contributed by atoms with Gasteiger partial charge in [-0.2, -0.15) is 13.2 Å². The van der Waals surface area contributed by atoms with Crippen LogP contribution >= 0.6 is 0 Å². The highest BCUT2D eigenvalue weighted by atomic mass is 19.4. The SMILES string of the molecule is CCCCCC(C)C(=O)C1C=C(C(F)(F)F)C(F)=CC1. The predicted molar refractivity (Wildman–Crippen MR) is 69.7 cm³/mol. The molecule has 0 N–H and O–H groups in total. The minimum atomic E-state index is -4.75. The number of allylic oxidation sites excluding steroid dienone is 4. The molecule has 2 atom stereocenters. The second-order valence-corrected chi connectivity index (χ2v) is 5.27. The van der Waals surface area contributed by atoms with Gasteiger partial charge in [-0.1, -0.05) is 39.2 Å². The highest BCUT2D eigenvalue weighted by molar-refractivity contribution is 5.85. The Bertz CT molecular complexity index is 407. The Morgan fingerprint density at radius 3 is 2.60 bits per heavy atom. The lowest BCUT2D eigenvalue weighted by Gasteiger charge is -2.21. The number of hydrogen-bond acceptors (Lipinski definition) is 1. The molecule has 2 unspecified atom stereocenters. The molecule has 0 radical (unpaired) electrons. The summed E-state index contributed by atoms with van der Waals surface area (Å²) in [4.78, 5) is 12.1. The lowest BCUT2D eigenvalue weighted by molar-refractivity contribution is -0.125. The summed E-state index contributed by atoms with van der Waals surface area (Å²) >= 11 is 0. The van der Waals surface area contributed by atoms with E-state index in [1.807, 2.05) is 6.92 Å². The van der Waals surface area contributed by atoms with Crippen LogP contribution in [0, 0.1) is 11.8 Å². The number of carbonyl (C=O) groups is 1. The van der Waals surface area contributed by atoms with E-state index >= 15 is 0 Å². The van der Waals surface area contributed by atoms with Crippen molar-refractivity contribution in [2.45, 2.75) is 52.1 Å². The van der Waals surface area contributed by atoms with Crippen molar-refractivity contribution in [1.29, 1.82) is 0 Å². The molecule has 0 amide bonds. The van der Waals surface area contributed by atoms with Crippen molar-refractivity contribution in [3.63, 3.8) is 0 Å². The molecule has 1 rings (SSSR count). The summed E-state index contributed by atoms with van der Waals surface area (Å²) < 4.78 is 51.0. The summed E-state index contributed by atoms with van der Waals surface area (Å²) in [6.07, 6.45) is 0.461. The zero-order valence-corrected chi connectivity index (χ0v) is 11.8. The standard InChI is InChI=1S/C15H20F4O/c1-3-4-5-6-10(2)14(20)11-7-8-13(16)12(9-11)15(17,18)19/h8-11H,3-7H2,1-2H3. The van der Waals surface area contributed by atoms with Crippen molar-refractivity contribution < 1.29 is 22.4 Å². The first kappa shape index (κ1) is 16.9. The first-order valence-corrected chi connectivity index (χ1v) is 6.96. The van der Waals surface area contributed by atoms with Gasteiger partial charge in [-0.05, 0) is 18.9 Å². The number of rotatable bonds is 6. The number of alkyl halides is 3. The molecule has 0 aromatic heterocycles. The second-order valence-electron chi connectivity index (χ2n) is 5.27. The summed E-state index contributed by atoms with van der Waals surface area (Å²) in [5, 5.41) is 0. The number of halogens is 4. The van der Waals surface area contributed by atoms with E-state index in [1.54, 1.807) is 6.92 Å². The smallest absolute Gasteiger partial charge is 0.299 e. The van der Waals surface area contributed by atoms with Gasteiger partial charge in [0, 0.05) is 11.8 Å². The molecule has 114 valence electrons. The van der Waals surface area contributed by atoms with Crippen LogP contribution < -0.4 is 0 Å². The quantitative estimate of drug-likeness (QED) is 0.489. The average Bonchev–Trinajstić information content (AvgIpc) is 2.37. The number of ketones is 1. The molecular formula is C15H20F4O. The first-order chi connectivity index (χ1) is 9.27. The Kier molecular flexibility index (Phi) is 5.96. The molecule has 0 aromatic carbocycles. The Hall–Kier alpha value is -1.13. The van der Waals surface area contributed by atoms with E-state index in [-0.39, 0.29) is 18.1 Å². The fraction of sp³-hybridized carbons (Fsp3) is 0.667. The van der Waals surface area contributed by atoms with Crippen LogP contribution in [0.5, 0.6) is 0 Å². The van der Waals surface area contributed by atoms with Gasteiger partial charge in [0.05, 0.1) is 5.57 Å². The molecule has 0 saturated carbocycles. The molecular weight excluding hydrogens is 272 g/mol. The van der Waals surface area contributed by atoms with E-state index < -0.39 is 23.5 Å². The summed E-state index contributed by atoms with van der Waals surface area (Å²) in [6, 6.07) is 0. The summed E-state index contributed by atoms with van der Waals surface area (Å²) in [7, 11) is 0. The Morgan fingerprint density at radius 1 is 1.40 bits per heavy atom. The van der Waals surface area contributed by atoms with Crippen molar-refractivity contribution in [2.24, 2.45) is 11.8 Å². The molecule has 1 aliphatic carbocycles. The zero-order valence-electron chi connectivity index (χ0n) is 11.8. The summed E-state index contributed by atoms with van der Waals surface area (Å²) in [5.41, 5.74) is -1.32. The Balaban J connectivity index is 2.73. The van der Waals surface area contributed by atoms with Gasteiger partial charge in [0.1, 0.15) is 11.6 Å². The summed E-state index contributed by atoms with van der Waals surface area (Å²) in [5.74, 6) is -2.65. The maximum absolute atomic E-state index is 13.2. The molecule has 0 aromatic rings. The molecule has 20 heavy (non-hydrogen) atoms. The van der Waals surface area contributed by atoms with Gasteiger partial charge in [-0.3, -0.25) is 4.79 Å². The maximum atomic E-state index is 13.2. The second kappa shape index (κ2) is 7.04. The van der Waals surface area contributed by atoms with Crippen LogP contribution in [0.25, 0.3) is 0 Å². The fourth-order valence-electron chi connectivity index (χ4n) is 2.33. The highest BCUT2D eigenvalue weighted by Gasteiger charge is 2.39. The van der Waals surface area contributed by atoms with Gasteiger partial charge in [0.15, 0.2) is 0 Å². The van der Waals surface area contributed by atoms with Crippen molar-refractivity contribution >= 4 is 5.78 Å². The first-order valence-electron chi connectivity index (χ1n) is 6.96. The van der Waals surface area contributed by atoms with E-state index in [1.165, 1.54) is 0 Å². The largest absolute Gasteiger partial charge is 0.418 e. The number of Topliss-reactive ketones (excluding diaryl/α,β-unsaturated/α-hetero) is 1. The Morgan fingerprint density at radius 2 is 2.05 bits per heavy atom. The molecule has 0 saturated heterocycles. The fourth-order valence-corrected chi connectivity index (χ4v) is 2.33. The zero-order chi connectivity index (χ0) is 15.3. The van der Waals surface area contributed by atoms with E-state index in [0.29, 0.717) is 6.42 Å². The molecule has 0 spiro atoms. The third-order valence-electron chi connectivity index (χ3n) is 3.57. The van der Waals surface area contributed by atoms with E-state index in [2.05, 4.69) is 0 Å². The molecule has 1 nitrogen and oxygen atoms in total. The minimum Gasteiger partial charge on any atom is -0.299 e. The maximum Gasteiger partial charge on any atom is 0.418 e. The lowest BCUT2D eigenvalue weighted by Crippen LogP contribution is -2.25. The normalized spacial score (nSPS) is 21.2. The van der Waals surface area contributed by atoms with Crippen LogP contribution in [-0.4, -0.2) is 12.0 Å². The number of hydrogen-bond donors (Lipinski definition) is 0. The van der Waals surface area contributed by atoms with Gasteiger partial charge >= 0.3 is 6.18 Å². The van der Waals surface area contributed by atoms with Crippen LogP contribution in [0.2, 0.25) is 0 Å². The van der Waals surface area contributed by atoms with E-state index in [9.17, 15) is 22.4 Å². The van der Waals surface area contributed by atoms with Crippen LogP contribution in [0.4, 0.5) is 17.6 Å². The Labute approximate surface area is 116 Å². The van der Waals surface area contributed by atoms with E-state index in [0.717, 1.165) is 31.4 Å². The van der Waals surface area contributed by atoms with Crippen molar-refractivity contribution in [2.75, 3.05) is 0 Å². The summed E-state index contributed by atoms with van der Waals surface area (Å²) in [6.45, 7) is 3.77. The molecule has 0 aliphatic heterocycles. The minimum absolute atomic E-state index is 0.0162.